The van der Waals surface area contributed by atoms with Gasteiger partial charge in [-0.1, -0.05) is 35.9 Å². The van der Waals surface area contributed by atoms with Crippen molar-refractivity contribution in [3.05, 3.63) is 59.2 Å². The number of nitrogens with one attached hydrogen (secondary N) is 2. The predicted octanol–water partition coefficient (Wildman–Crippen LogP) is 4.19. The molecule has 4 nitrogen and oxygen atoms in total. The number of rotatable bonds is 4. The van der Waals surface area contributed by atoms with E-state index in [-0.39, 0.29) is 12.1 Å². The molecule has 0 aliphatic heterocycles. The molecule has 116 valence electrons. The smallest absolute Gasteiger partial charge is 0.319 e. The van der Waals surface area contributed by atoms with Crippen LogP contribution in [0.1, 0.15) is 29.7 Å². The number of amides is 2. The van der Waals surface area contributed by atoms with Crippen LogP contribution in [0.5, 0.6) is 5.75 Å². The highest BCUT2D eigenvalue weighted by Gasteiger charge is 2.13. The Morgan fingerprint density at radius 3 is 2.55 bits per heavy atom. The Hall–Kier alpha value is -2.49. The van der Waals surface area contributed by atoms with Crippen molar-refractivity contribution in [3.8, 4) is 5.75 Å². The van der Waals surface area contributed by atoms with Crippen LogP contribution in [-0.2, 0) is 0 Å². The summed E-state index contributed by atoms with van der Waals surface area (Å²) in [7, 11) is 1.58. The molecule has 0 bridgehead atoms. The molecule has 0 aliphatic carbocycles. The van der Waals surface area contributed by atoms with E-state index in [0.29, 0.717) is 11.4 Å². The second kappa shape index (κ2) is 6.98. The maximum atomic E-state index is 12.2. The predicted molar refractivity (Wildman–Crippen MR) is 89.5 cm³/mol. The van der Waals surface area contributed by atoms with E-state index in [9.17, 15) is 4.79 Å². The minimum Gasteiger partial charge on any atom is -0.495 e. The second-order valence-electron chi connectivity index (χ2n) is 5.38. The molecule has 0 heterocycles. The van der Waals surface area contributed by atoms with Gasteiger partial charge in [-0.25, -0.2) is 4.79 Å². The monoisotopic (exact) mass is 298 g/mol. The van der Waals surface area contributed by atoms with Crippen LogP contribution in [0.15, 0.2) is 42.5 Å². The van der Waals surface area contributed by atoms with Crippen molar-refractivity contribution in [2.24, 2.45) is 0 Å². The summed E-state index contributed by atoms with van der Waals surface area (Å²) in [5, 5.41) is 5.77. The molecule has 0 radical (unpaired) electrons. The normalized spacial score (nSPS) is 11.6. The lowest BCUT2D eigenvalue weighted by atomic mass is 10.0. The van der Waals surface area contributed by atoms with Crippen molar-refractivity contribution in [1.82, 2.24) is 5.32 Å². The molecule has 0 saturated heterocycles. The topological polar surface area (TPSA) is 50.4 Å². The van der Waals surface area contributed by atoms with Gasteiger partial charge >= 0.3 is 6.03 Å². The number of benzene rings is 2. The van der Waals surface area contributed by atoms with Crippen LogP contribution in [0.25, 0.3) is 0 Å². The third-order valence-electron chi connectivity index (χ3n) is 3.59. The SMILES string of the molecule is COc1ccccc1NC(=O)NC(C)c1ccc(C)cc1C. The van der Waals surface area contributed by atoms with Gasteiger partial charge in [0, 0.05) is 0 Å². The fraction of sp³-hybridized carbons (Fsp3) is 0.278. The van der Waals surface area contributed by atoms with Crippen molar-refractivity contribution in [1.29, 1.82) is 0 Å². The number of anilines is 1. The lowest BCUT2D eigenvalue weighted by Gasteiger charge is -2.18. The standard InChI is InChI=1S/C18H22N2O2/c1-12-9-10-15(13(2)11-12)14(3)19-18(21)20-16-7-5-6-8-17(16)22-4/h5-11,14H,1-4H3,(H2,19,20,21). The van der Waals surface area contributed by atoms with E-state index in [2.05, 4.69) is 42.7 Å². The Morgan fingerprint density at radius 2 is 1.86 bits per heavy atom. The molecule has 0 spiro atoms. The molecule has 2 amide bonds. The lowest BCUT2D eigenvalue weighted by Crippen LogP contribution is -2.31. The number of para-hydroxylation sites is 2. The zero-order valence-electron chi connectivity index (χ0n) is 13.4. The van der Waals surface area contributed by atoms with Crippen molar-refractivity contribution in [2.75, 3.05) is 12.4 Å². The molecule has 0 aromatic heterocycles. The summed E-state index contributed by atoms with van der Waals surface area (Å²) in [5.74, 6) is 0.636. The maximum Gasteiger partial charge on any atom is 0.319 e. The summed E-state index contributed by atoms with van der Waals surface area (Å²) < 4.78 is 5.23. The number of ether oxygens (including phenoxy) is 1. The Morgan fingerprint density at radius 1 is 1.14 bits per heavy atom. The highest BCUT2D eigenvalue weighted by atomic mass is 16.5. The van der Waals surface area contributed by atoms with Gasteiger partial charge in [0.2, 0.25) is 0 Å². The van der Waals surface area contributed by atoms with E-state index < -0.39 is 0 Å². The highest BCUT2D eigenvalue weighted by molar-refractivity contribution is 5.91. The second-order valence-corrected chi connectivity index (χ2v) is 5.38. The first kappa shape index (κ1) is 15.9. The maximum absolute atomic E-state index is 12.2. The van der Waals surface area contributed by atoms with Gasteiger partial charge in [0.1, 0.15) is 5.75 Å². The van der Waals surface area contributed by atoms with Crippen molar-refractivity contribution >= 4 is 11.7 Å². The van der Waals surface area contributed by atoms with Gasteiger partial charge in [-0.15, -0.1) is 0 Å². The minimum atomic E-state index is -0.253. The van der Waals surface area contributed by atoms with Gasteiger partial charge in [0.25, 0.3) is 0 Å². The van der Waals surface area contributed by atoms with Crippen LogP contribution in [-0.4, -0.2) is 13.1 Å². The molecule has 2 N–H and O–H groups in total. The number of hydrogen-bond donors (Lipinski definition) is 2. The van der Waals surface area contributed by atoms with Crippen molar-refractivity contribution in [2.45, 2.75) is 26.8 Å². The number of carbonyl (C=O) groups is 1. The van der Waals surface area contributed by atoms with Gasteiger partial charge in [-0.05, 0) is 44.0 Å². The third-order valence-corrected chi connectivity index (χ3v) is 3.59. The third kappa shape index (κ3) is 3.79. The molecule has 0 saturated carbocycles. The van der Waals surface area contributed by atoms with Crippen LogP contribution in [0.2, 0.25) is 0 Å². The summed E-state index contributed by atoms with van der Waals surface area (Å²) in [4.78, 5) is 12.2. The van der Waals surface area contributed by atoms with Gasteiger partial charge in [0.15, 0.2) is 0 Å². The summed E-state index contributed by atoms with van der Waals surface area (Å²) >= 11 is 0. The summed E-state index contributed by atoms with van der Waals surface area (Å²) in [5.41, 5.74) is 4.15. The number of methoxy groups -OCH3 is 1. The molecule has 0 aliphatic rings. The largest absolute Gasteiger partial charge is 0.495 e. The zero-order chi connectivity index (χ0) is 16.1. The van der Waals surface area contributed by atoms with E-state index in [1.54, 1.807) is 13.2 Å². The summed E-state index contributed by atoms with van der Waals surface area (Å²) in [6.45, 7) is 6.08. The molecule has 2 aromatic rings. The molecule has 1 unspecified atom stereocenters. The molecule has 2 aromatic carbocycles. The molecule has 0 fully saturated rings. The van der Waals surface area contributed by atoms with Crippen molar-refractivity contribution < 1.29 is 9.53 Å². The van der Waals surface area contributed by atoms with Crippen LogP contribution in [0.3, 0.4) is 0 Å². The van der Waals surface area contributed by atoms with Crippen LogP contribution >= 0.6 is 0 Å². The average molecular weight is 298 g/mol. The Kier molecular flexibility index (Phi) is 5.04. The Balaban J connectivity index is 2.05. The van der Waals surface area contributed by atoms with Crippen LogP contribution in [0, 0.1) is 13.8 Å². The molecule has 2 rings (SSSR count). The Labute approximate surface area is 131 Å². The van der Waals surface area contributed by atoms with E-state index >= 15 is 0 Å². The van der Waals surface area contributed by atoms with Gasteiger partial charge in [0.05, 0.1) is 18.8 Å². The van der Waals surface area contributed by atoms with Crippen molar-refractivity contribution in [3.63, 3.8) is 0 Å². The highest BCUT2D eigenvalue weighted by Crippen LogP contribution is 2.23. The van der Waals surface area contributed by atoms with Gasteiger partial charge < -0.3 is 15.4 Å². The fourth-order valence-electron chi connectivity index (χ4n) is 2.49. The number of urea groups is 1. The molecular formula is C18H22N2O2. The van der Waals surface area contributed by atoms with Gasteiger partial charge in [-0.3, -0.25) is 0 Å². The number of carbonyl (C=O) groups excluding carboxylic acids is 1. The Bertz CT molecular complexity index is 668. The fourth-order valence-corrected chi connectivity index (χ4v) is 2.49. The molecule has 4 heteroatoms. The van der Waals surface area contributed by atoms with E-state index in [4.69, 9.17) is 4.74 Å². The number of hydrogen-bond acceptors (Lipinski definition) is 2. The average Bonchev–Trinajstić information content (AvgIpc) is 2.47. The quantitative estimate of drug-likeness (QED) is 0.889. The molecular weight excluding hydrogens is 276 g/mol. The number of aryl methyl sites for hydroxylation is 2. The lowest BCUT2D eigenvalue weighted by molar-refractivity contribution is 0.249. The molecule has 22 heavy (non-hydrogen) atoms. The summed E-state index contributed by atoms with van der Waals surface area (Å²) in [6, 6.07) is 13.2. The minimum absolute atomic E-state index is 0.0738. The van der Waals surface area contributed by atoms with Crippen LogP contribution in [0.4, 0.5) is 10.5 Å². The van der Waals surface area contributed by atoms with E-state index in [1.165, 1.54) is 11.1 Å². The first-order valence-corrected chi connectivity index (χ1v) is 7.29. The first-order valence-electron chi connectivity index (χ1n) is 7.29. The van der Waals surface area contributed by atoms with Crippen LogP contribution < -0.4 is 15.4 Å². The van der Waals surface area contributed by atoms with E-state index in [0.717, 1.165) is 5.56 Å². The van der Waals surface area contributed by atoms with E-state index in [1.807, 2.05) is 25.1 Å². The van der Waals surface area contributed by atoms with Gasteiger partial charge in [-0.2, -0.15) is 0 Å². The first-order chi connectivity index (χ1) is 10.5. The summed E-state index contributed by atoms with van der Waals surface area (Å²) in [6.07, 6.45) is 0. The zero-order valence-corrected chi connectivity index (χ0v) is 13.4. The molecule has 1 atom stereocenters.